The number of hydrogen-bond acceptors (Lipinski definition) is 9. The number of aliphatic hydroxyl groups excluding tert-OH is 1. The Morgan fingerprint density at radius 3 is 2.46 bits per heavy atom. The first-order valence-electron chi connectivity index (χ1n) is 17.4. The van der Waals surface area contributed by atoms with Crippen molar-refractivity contribution in [3.05, 3.63) is 98.8 Å². The number of pyridine rings is 3. The molecule has 12 heteroatoms. The van der Waals surface area contributed by atoms with E-state index >= 15 is 0 Å². The molecular weight excluding hydrogens is 632 g/mol. The summed E-state index contributed by atoms with van der Waals surface area (Å²) in [4.78, 5) is 41.4. The maximum absolute atomic E-state index is 13.8. The minimum Gasteiger partial charge on any atom is -0.392 e. The molecule has 2 fully saturated rings. The van der Waals surface area contributed by atoms with Gasteiger partial charge in [0.05, 0.1) is 37.7 Å². The second-order valence-electron chi connectivity index (χ2n) is 15.0. The number of rotatable bonds is 7. The van der Waals surface area contributed by atoms with Crippen LogP contribution in [0.15, 0.2) is 70.9 Å². The number of hydrogen-bond donors (Lipinski definition) is 2. The Morgan fingerprint density at radius 1 is 1.00 bits per heavy atom. The molecule has 0 amide bonds. The van der Waals surface area contributed by atoms with Crippen LogP contribution in [0.4, 0.5) is 17.2 Å². The Hall–Kier alpha value is -4.78. The van der Waals surface area contributed by atoms with E-state index in [0.29, 0.717) is 57.7 Å². The Kier molecular flexibility index (Phi) is 7.92. The first-order valence-corrected chi connectivity index (χ1v) is 17.4. The second-order valence-corrected chi connectivity index (χ2v) is 15.0. The molecular formula is C38H44N8O4. The summed E-state index contributed by atoms with van der Waals surface area (Å²) in [6.45, 7) is 12.2. The number of nitrogens with one attached hydrogen (secondary N) is 1. The Morgan fingerprint density at radius 2 is 1.78 bits per heavy atom. The number of anilines is 3. The van der Waals surface area contributed by atoms with E-state index in [1.807, 2.05) is 35.0 Å². The molecule has 260 valence electrons. The molecule has 8 rings (SSSR count). The largest absolute Gasteiger partial charge is 0.392 e. The third-order valence-corrected chi connectivity index (χ3v) is 10.7. The molecule has 0 saturated carbocycles. The molecule has 2 N–H and O–H groups in total. The fraction of sp³-hybridized carbons (Fsp3) is 0.421. The van der Waals surface area contributed by atoms with Gasteiger partial charge in [-0.3, -0.25) is 19.1 Å². The smallest absolute Gasteiger partial charge is 0.280 e. The molecule has 3 aliphatic rings. The van der Waals surface area contributed by atoms with E-state index in [1.54, 1.807) is 37.8 Å². The molecule has 1 aliphatic carbocycles. The summed E-state index contributed by atoms with van der Waals surface area (Å²) in [6, 6.07) is 10.7. The van der Waals surface area contributed by atoms with E-state index in [1.165, 1.54) is 20.4 Å². The van der Waals surface area contributed by atoms with Gasteiger partial charge >= 0.3 is 0 Å². The van der Waals surface area contributed by atoms with Gasteiger partial charge in [0.15, 0.2) is 0 Å². The highest BCUT2D eigenvalue weighted by molar-refractivity contribution is 5.73. The third kappa shape index (κ3) is 5.51. The van der Waals surface area contributed by atoms with Crippen molar-refractivity contribution in [2.75, 3.05) is 36.5 Å². The summed E-state index contributed by atoms with van der Waals surface area (Å²) in [5.41, 5.74) is 5.94. The van der Waals surface area contributed by atoms with Crippen molar-refractivity contribution in [2.45, 2.75) is 65.3 Å². The van der Waals surface area contributed by atoms with E-state index < -0.39 is 0 Å². The molecule has 0 radical (unpaired) electrons. The summed E-state index contributed by atoms with van der Waals surface area (Å²) in [5.74, 6) is 0.902. The van der Waals surface area contributed by atoms with Gasteiger partial charge in [0.25, 0.3) is 11.1 Å². The quantitative estimate of drug-likeness (QED) is 0.264. The molecule has 0 unspecified atom stereocenters. The van der Waals surface area contributed by atoms with Gasteiger partial charge in [-0.25, -0.2) is 9.97 Å². The molecule has 2 saturated heterocycles. The molecule has 0 bridgehead atoms. The average molecular weight is 677 g/mol. The number of ether oxygens (including phenoxy) is 1. The number of piperazine rings is 1. The maximum Gasteiger partial charge on any atom is 0.280 e. The zero-order valence-electron chi connectivity index (χ0n) is 29.3. The van der Waals surface area contributed by atoms with Gasteiger partial charge in [0.1, 0.15) is 22.8 Å². The number of fused-ring (bicyclic) bond motifs is 3. The number of aliphatic hydroxyl groups is 1. The monoisotopic (exact) mass is 676 g/mol. The molecule has 2 atom stereocenters. The lowest BCUT2D eigenvalue weighted by Gasteiger charge is -2.49. The van der Waals surface area contributed by atoms with E-state index in [4.69, 9.17) is 9.72 Å². The Bertz CT molecular complexity index is 2200. The molecule has 0 aromatic carbocycles. The van der Waals surface area contributed by atoms with Gasteiger partial charge in [-0.15, -0.1) is 0 Å². The molecule has 12 nitrogen and oxygen atoms in total. The molecule has 2 aliphatic heterocycles. The summed E-state index contributed by atoms with van der Waals surface area (Å²) in [6.07, 6.45) is 10.7. The summed E-state index contributed by atoms with van der Waals surface area (Å²) in [5, 5.41) is 13.9. The minimum atomic E-state index is -0.351. The second kappa shape index (κ2) is 12.2. The topological polar surface area (TPSA) is 122 Å². The van der Waals surface area contributed by atoms with Gasteiger partial charge in [0.2, 0.25) is 0 Å². The van der Waals surface area contributed by atoms with Crippen LogP contribution in [0.1, 0.15) is 44.5 Å². The number of aromatic nitrogens is 5. The standard InChI is InChI=1S/C38H44N8O4/c1-23-17-43(28-21-50-22-28)18-24(2)46(23)27-6-7-34(40-16-27)41-31-12-26(19-42(5)36(31)48)29-8-9-39-35(30(29)20-47)45-11-10-44-32(37(45)49)13-25-14-38(3,4)15-33(25)44/h6-13,16,19,23-24,28,47H,14-15,17-18,20-22H2,1-5H3,(H,40,41)/t23-,24+. The predicted molar refractivity (Wildman–Crippen MR) is 194 cm³/mol. The molecule has 50 heavy (non-hydrogen) atoms. The molecule has 5 aromatic heterocycles. The average Bonchev–Trinajstić information content (AvgIpc) is 3.54. The number of aryl methyl sites for hydroxylation is 1. The zero-order valence-corrected chi connectivity index (χ0v) is 29.3. The van der Waals surface area contributed by atoms with Crippen LogP contribution in [-0.2, 0) is 31.2 Å². The van der Waals surface area contributed by atoms with E-state index in [2.05, 4.69) is 47.8 Å². The molecule has 0 spiro atoms. The summed E-state index contributed by atoms with van der Waals surface area (Å²) in [7, 11) is 1.69. The highest BCUT2D eigenvalue weighted by Gasteiger charge is 2.36. The van der Waals surface area contributed by atoms with Gasteiger partial charge in [-0.1, -0.05) is 13.8 Å². The molecule has 7 heterocycles. The van der Waals surface area contributed by atoms with Crippen LogP contribution in [-0.4, -0.2) is 77.9 Å². The minimum absolute atomic E-state index is 0.169. The van der Waals surface area contributed by atoms with Crippen molar-refractivity contribution in [1.82, 2.24) is 28.4 Å². The van der Waals surface area contributed by atoms with E-state index in [0.717, 1.165) is 44.8 Å². The van der Waals surface area contributed by atoms with Gasteiger partial charge in [-0.05, 0) is 73.6 Å². The van der Waals surface area contributed by atoms with Gasteiger partial charge in [0, 0.05) is 73.8 Å². The lowest BCUT2D eigenvalue weighted by atomic mass is 9.90. The maximum atomic E-state index is 13.8. The van der Waals surface area contributed by atoms with E-state index in [9.17, 15) is 14.7 Å². The van der Waals surface area contributed by atoms with Crippen LogP contribution in [0, 0.1) is 5.41 Å². The Labute approximate surface area is 290 Å². The van der Waals surface area contributed by atoms with Crippen molar-refractivity contribution in [1.29, 1.82) is 0 Å². The van der Waals surface area contributed by atoms with Crippen molar-refractivity contribution < 1.29 is 9.84 Å². The van der Waals surface area contributed by atoms with Crippen molar-refractivity contribution in [3.8, 4) is 16.9 Å². The first kappa shape index (κ1) is 32.4. The molecule has 5 aromatic rings. The summed E-state index contributed by atoms with van der Waals surface area (Å²) < 4.78 is 10.4. The summed E-state index contributed by atoms with van der Waals surface area (Å²) >= 11 is 0. The zero-order chi connectivity index (χ0) is 34.9. The van der Waals surface area contributed by atoms with Crippen molar-refractivity contribution >= 4 is 22.7 Å². The predicted octanol–water partition coefficient (Wildman–Crippen LogP) is 3.90. The van der Waals surface area contributed by atoms with Crippen LogP contribution in [0.2, 0.25) is 0 Å². The third-order valence-electron chi connectivity index (χ3n) is 10.7. The van der Waals surface area contributed by atoms with Crippen LogP contribution in [0.5, 0.6) is 0 Å². The van der Waals surface area contributed by atoms with Crippen LogP contribution in [0.25, 0.3) is 22.5 Å². The van der Waals surface area contributed by atoms with Crippen molar-refractivity contribution in [3.63, 3.8) is 0 Å². The number of nitrogens with zero attached hydrogens (tertiary/aromatic N) is 7. The fourth-order valence-corrected chi connectivity index (χ4v) is 8.25. The van der Waals surface area contributed by atoms with E-state index in [-0.39, 0.29) is 23.1 Å². The highest BCUT2D eigenvalue weighted by atomic mass is 16.5. The lowest BCUT2D eigenvalue weighted by molar-refractivity contribution is -0.0726. The lowest BCUT2D eigenvalue weighted by Crippen LogP contribution is -2.62. The van der Waals surface area contributed by atoms with Crippen LogP contribution in [0.3, 0.4) is 0 Å². The first-order chi connectivity index (χ1) is 24.0. The van der Waals surface area contributed by atoms with Crippen LogP contribution >= 0.6 is 0 Å². The van der Waals surface area contributed by atoms with Gasteiger partial charge < -0.3 is 29.0 Å². The van der Waals surface area contributed by atoms with Gasteiger partial charge in [-0.2, -0.15) is 0 Å². The highest BCUT2D eigenvalue weighted by Crippen LogP contribution is 2.37. The Balaban J connectivity index is 1.08. The van der Waals surface area contributed by atoms with Crippen molar-refractivity contribution in [2.24, 2.45) is 12.5 Å². The normalized spacial score (nSPS) is 20.6. The van der Waals surface area contributed by atoms with Crippen LogP contribution < -0.4 is 21.3 Å². The SMILES string of the molecule is C[C@@H]1CN(C2COC2)C[C@H](C)N1c1ccc(Nc2cc(-c3ccnc(-n4ccn5c6c(cc5c4=O)CC(C)(C)C6)c3CO)cn(C)c2=O)nc1. The fourth-order valence-electron chi connectivity index (χ4n) is 8.25.